The summed E-state index contributed by atoms with van der Waals surface area (Å²) in [5.74, 6) is 0. The van der Waals surface area contributed by atoms with Crippen LogP contribution in [0.4, 0.5) is 0 Å². The summed E-state index contributed by atoms with van der Waals surface area (Å²) < 4.78 is 5.56. The van der Waals surface area contributed by atoms with E-state index in [-0.39, 0.29) is 6.61 Å². The van der Waals surface area contributed by atoms with Crippen molar-refractivity contribution in [1.82, 2.24) is 0 Å². The summed E-state index contributed by atoms with van der Waals surface area (Å²) in [4.78, 5) is 0.988. The highest BCUT2D eigenvalue weighted by Gasteiger charge is 2.42. The van der Waals surface area contributed by atoms with E-state index in [4.69, 9.17) is 9.84 Å². The predicted molar refractivity (Wildman–Crippen MR) is 72.8 cm³/mol. The number of hydrogen-bond donors (Lipinski definition) is 4. The van der Waals surface area contributed by atoms with Crippen molar-refractivity contribution in [3.8, 4) is 0 Å². The molecule has 0 amide bonds. The quantitative estimate of drug-likeness (QED) is 0.610. The van der Waals surface area contributed by atoms with E-state index in [1.54, 1.807) is 0 Å². The molecule has 3 N–H and O–H groups in total. The maximum atomic E-state index is 9.87. The Kier molecular flexibility index (Phi) is 4.94. The van der Waals surface area contributed by atoms with Gasteiger partial charge in [0.05, 0.1) is 18.0 Å². The molecule has 1 aromatic carbocycles. The number of thiol groups is 1. The summed E-state index contributed by atoms with van der Waals surface area (Å²) >= 11 is 5.70. The van der Waals surface area contributed by atoms with E-state index in [0.717, 1.165) is 4.90 Å². The Morgan fingerprint density at radius 1 is 1.17 bits per heavy atom. The van der Waals surface area contributed by atoms with Gasteiger partial charge in [-0.3, -0.25) is 0 Å². The molecule has 0 unspecified atom stereocenters. The molecule has 6 heteroatoms. The molecule has 1 saturated heterocycles. The Balaban J connectivity index is 2.08. The van der Waals surface area contributed by atoms with E-state index in [1.165, 1.54) is 11.8 Å². The van der Waals surface area contributed by atoms with Crippen LogP contribution in [-0.2, 0) is 4.74 Å². The SMILES string of the molecule is OC[C@H]1O[C@H](Sc2ccccc2)[C@@H](S)[C@@H](O)[C@@H]1O. The molecule has 1 heterocycles. The lowest BCUT2D eigenvalue weighted by molar-refractivity contribution is -0.153. The Morgan fingerprint density at radius 2 is 1.83 bits per heavy atom. The third kappa shape index (κ3) is 3.01. The number of ether oxygens (including phenoxy) is 1. The van der Waals surface area contributed by atoms with E-state index in [9.17, 15) is 10.2 Å². The van der Waals surface area contributed by atoms with Gasteiger partial charge in [0.25, 0.3) is 0 Å². The highest BCUT2D eigenvalue weighted by molar-refractivity contribution is 8.00. The minimum atomic E-state index is -1.11. The zero-order valence-electron chi connectivity index (χ0n) is 9.59. The van der Waals surface area contributed by atoms with Crippen molar-refractivity contribution in [2.45, 2.75) is 33.9 Å². The smallest absolute Gasteiger partial charge is 0.122 e. The molecule has 5 atom stereocenters. The van der Waals surface area contributed by atoms with Crippen molar-refractivity contribution in [1.29, 1.82) is 0 Å². The molecule has 18 heavy (non-hydrogen) atoms. The monoisotopic (exact) mass is 288 g/mol. The van der Waals surface area contributed by atoms with Crippen LogP contribution in [0.25, 0.3) is 0 Å². The van der Waals surface area contributed by atoms with Gasteiger partial charge in [-0.05, 0) is 12.1 Å². The van der Waals surface area contributed by atoms with Crippen LogP contribution < -0.4 is 0 Å². The number of thioether (sulfide) groups is 1. The summed E-state index contributed by atoms with van der Waals surface area (Å²) in [6.07, 6.45) is -2.89. The fourth-order valence-corrected chi connectivity index (χ4v) is 3.31. The van der Waals surface area contributed by atoms with Gasteiger partial charge >= 0.3 is 0 Å². The minimum Gasteiger partial charge on any atom is -0.394 e. The zero-order valence-corrected chi connectivity index (χ0v) is 11.3. The second-order valence-corrected chi connectivity index (χ2v) is 5.90. The maximum Gasteiger partial charge on any atom is 0.122 e. The van der Waals surface area contributed by atoms with Gasteiger partial charge in [0, 0.05) is 4.90 Å². The third-order valence-electron chi connectivity index (χ3n) is 2.84. The lowest BCUT2D eigenvalue weighted by Gasteiger charge is -2.40. The van der Waals surface area contributed by atoms with Crippen molar-refractivity contribution in [2.75, 3.05) is 6.61 Å². The largest absolute Gasteiger partial charge is 0.394 e. The molecule has 4 nitrogen and oxygen atoms in total. The molecule has 0 aliphatic carbocycles. The Morgan fingerprint density at radius 3 is 2.44 bits per heavy atom. The van der Waals surface area contributed by atoms with Crippen molar-refractivity contribution in [2.24, 2.45) is 0 Å². The number of hydrogen-bond acceptors (Lipinski definition) is 6. The molecule has 0 spiro atoms. The molecule has 0 aromatic heterocycles. The van der Waals surface area contributed by atoms with Gasteiger partial charge in [0.2, 0.25) is 0 Å². The van der Waals surface area contributed by atoms with E-state index in [2.05, 4.69) is 12.6 Å². The molecule has 100 valence electrons. The van der Waals surface area contributed by atoms with Gasteiger partial charge in [-0.1, -0.05) is 30.0 Å². The number of benzene rings is 1. The Bertz CT molecular complexity index is 374. The van der Waals surface area contributed by atoms with Gasteiger partial charge in [0.1, 0.15) is 17.6 Å². The lowest BCUT2D eigenvalue weighted by Crippen LogP contribution is -2.55. The minimum absolute atomic E-state index is 0.329. The van der Waals surface area contributed by atoms with Crippen molar-refractivity contribution < 1.29 is 20.1 Å². The normalized spacial score (nSPS) is 36.6. The van der Waals surface area contributed by atoms with Crippen molar-refractivity contribution in [3.05, 3.63) is 30.3 Å². The standard InChI is InChI=1S/C12H16O4S2/c13-6-8-9(14)10(15)11(17)12(16-8)18-7-4-2-1-3-5-7/h1-5,8-15,17H,6H2/t8-,9-,10+,11+,12-/m1/s1. The highest BCUT2D eigenvalue weighted by atomic mass is 32.2. The molecule has 1 aliphatic rings. The molecular weight excluding hydrogens is 272 g/mol. The Hall–Kier alpha value is -0.240. The van der Waals surface area contributed by atoms with Gasteiger partial charge in [-0.2, -0.15) is 12.6 Å². The van der Waals surface area contributed by atoms with Crippen LogP contribution in [-0.4, -0.2) is 50.9 Å². The number of rotatable bonds is 3. The molecule has 1 aliphatic heterocycles. The van der Waals surface area contributed by atoms with Crippen LogP contribution in [0.5, 0.6) is 0 Å². The van der Waals surface area contributed by atoms with Gasteiger partial charge in [0.15, 0.2) is 0 Å². The molecule has 0 bridgehead atoms. The van der Waals surface area contributed by atoms with E-state index >= 15 is 0 Å². The number of aliphatic hydroxyl groups is 3. The van der Waals surface area contributed by atoms with E-state index in [0.29, 0.717) is 0 Å². The summed E-state index contributed by atoms with van der Waals surface area (Å²) in [6, 6.07) is 9.60. The maximum absolute atomic E-state index is 9.87. The van der Waals surface area contributed by atoms with Crippen LogP contribution >= 0.6 is 24.4 Å². The van der Waals surface area contributed by atoms with Crippen LogP contribution in [0.1, 0.15) is 0 Å². The summed E-state index contributed by atoms with van der Waals surface area (Å²) in [6.45, 7) is -0.329. The number of aliphatic hydroxyl groups excluding tert-OH is 3. The van der Waals surface area contributed by atoms with E-state index < -0.39 is 29.0 Å². The average molecular weight is 288 g/mol. The first-order valence-electron chi connectivity index (χ1n) is 5.65. The molecule has 0 radical (unpaired) electrons. The zero-order chi connectivity index (χ0) is 13.1. The summed E-state index contributed by atoms with van der Waals surface area (Å²) in [7, 11) is 0. The second kappa shape index (κ2) is 6.27. The van der Waals surface area contributed by atoms with Gasteiger partial charge in [-0.25, -0.2) is 0 Å². The summed E-state index contributed by atoms with van der Waals surface area (Å²) in [5.41, 5.74) is -0.411. The molecule has 0 saturated carbocycles. The first kappa shape index (κ1) is 14.2. The first-order chi connectivity index (χ1) is 8.63. The van der Waals surface area contributed by atoms with Crippen molar-refractivity contribution in [3.63, 3.8) is 0 Å². The van der Waals surface area contributed by atoms with Gasteiger partial charge in [-0.15, -0.1) is 0 Å². The van der Waals surface area contributed by atoms with E-state index in [1.807, 2.05) is 30.3 Å². The highest BCUT2D eigenvalue weighted by Crippen LogP contribution is 2.35. The Labute approximate surface area is 115 Å². The molecule has 1 aromatic rings. The molecule has 1 fully saturated rings. The van der Waals surface area contributed by atoms with Crippen LogP contribution in [0, 0.1) is 0 Å². The lowest BCUT2D eigenvalue weighted by atomic mass is 10.0. The summed E-state index contributed by atoms with van der Waals surface area (Å²) in [5, 5.41) is 28.2. The fourth-order valence-electron chi connectivity index (χ4n) is 1.80. The molecule has 2 rings (SSSR count). The second-order valence-electron chi connectivity index (χ2n) is 4.13. The topological polar surface area (TPSA) is 69.9 Å². The van der Waals surface area contributed by atoms with Gasteiger partial charge < -0.3 is 20.1 Å². The molecular formula is C12H16O4S2. The first-order valence-corrected chi connectivity index (χ1v) is 7.05. The van der Waals surface area contributed by atoms with Crippen molar-refractivity contribution >= 4 is 24.4 Å². The van der Waals surface area contributed by atoms with Crippen LogP contribution in [0.2, 0.25) is 0 Å². The third-order valence-corrected chi connectivity index (χ3v) is 4.80. The average Bonchev–Trinajstić information content (AvgIpc) is 2.40. The fraction of sp³-hybridized carbons (Fsp3) is 0.500. The van der Waals surface area contributed by atoms with Crippen LogP contribution in [0.15, 0.2) is 35.2 Å². The van der Waals surface area contributed by atoms with Crippen LogP contribution in [0.3, 0.4) is 0 Å². The predicted octanol–water partition coefficient (Wildman–Crippen LogP) is 0.516.